The zero-order valence-corrected chi connectivity index (χ0v) is 10.1. The van der Waals surface area contributed by atoms with Crippen LogP contribution in [0.25, 0.3) is 0 Å². The van der Waals surface area contributed by atoms with E-state index >= 15 is 0 Å². The third-order valence-electron chi connectivity index (χ3n) is 3.08. The fourth-order valence-corrected chi connectivity index (χ4v) is 2.98. The fraction of sp³-hybridized carbons (Fsp3) is 0.500. The van der Waals surface area contributed by atoms with Crippen molar-refractivity contribution in [3.8, 4) is 0 Å². The van der Waals surface area contributed by atoms with Gasteiger partial charge in [-0.2, -0.15) is 0 Å². The van der Waals surface area contributed by atoms with Gasteiger partial charge in [0, 0.05) is 5.02 Å². The highest BCUT2D eigenvalue weighted by atomic mass is 35.5. The van der Waals surface area contributed by atoms with Crippen molar-refractivity contribution in [2.45, 2.75) is 38.0 Å². The van der Waals surface area contributed by atoms with E-state index in [9.17, 15) is 4.39 Å². The van der Waals surface area contributed by atoms with E-state index in [2.05, 4.69) is 0 Å². The highest BCUT2D eigenvalue weighted by Crippen LogP contribution is 2.39. The summed E-state index contributed by atoms with van der Waals surface area (Å²) < 4.78 is 13.5. The molecule has 0 aromatic heterocycles. The molecule has 0 bridgehead atoms. The molecule has 0 nitrogen and oxygen atoms in total. The number of hydrogen-bond acceptors (Lipinski definition) is 0. The van der Waals surface area contributed by atoms with E-state index in [1.807, 2.05) is 0 Å². The largest absolute Gasteiger partial charge is 0.207 e. The lowest BCUT2D eigenvalue weighted by molar-refractivity contribution is 0.613. The third kappa shape index (κ3) is 2.00. The van der Waals surface area contributed by atoms with Crippen LogP contribution in [-0.4, -0.2) is 0 Å². The van der Waals surface area contributed by atoms with Gasteiger partial charge >= 0.3 is 0 Å². The van der Waals surface area contributed by atoms with Gasteiger partial charge in [-0.1, -0.05) is 18.0 Å². The van der Waals surface area contributed by atoms with Crippen LogP contribution in [-0.2, 0) is 6.42 Å². The van der Waals surface area contributed by atoms with Crippen molar-refractivity contribution in [3.05, 3.63) is 33.6 Å². The van der Waals surface area contributed by atoms with Gasteiger partial charge < -0.3 is 0 Å². The smallest absolute Gasteiger partial charge is 0.127 e. The maximum atomic E-state index is 13.5. The summed E-state index contributed by atoms with van der Waals surface area (Å²) in [4.78, 5) is 0. The second-order valence-corrected chi connectivity index (χ2v) is 5.00. The number of fused-ring (bicyclic) bond motifs is 1. The molecule has 0 fully saturated rings. The van der Waals surface area contributed by atoms with Crippen LogP contribution >= 0.6 is 23.2 Å². The van der Waals surface area contributed by atoms with Gasteiger partial charge in [0.25, 0.3) is 0 Å². The molecule has 1 aliphatic rings. The molecule has 1 aromatic carbocycles. The highest BCUT2D eigenvalue weighted by molar-refractivity contribution is 6.31. The highest BCUT2D eigenvalue weighted by Gasteiger charge is 2.22. The van der Waals surface area contributed by atoms with Crippen molar-refractivity contribution < 1.29 is 4.39 Å². The van der Waals surface area contributed by atoms with E-state index in [1.54, 1.807) is 6.92 Å². The van der Waals surface area contributed by atoms with Gasteiger partial charge in [-0.15, -0.1) is 11.6 Å². The Labute approximate surface area is 99.4 Å². The summed E-state index contributed by atoms with van der Waals surface area (Å²) in [6.07, 6.45) is 3.99. The Morgan fingerprint density at radius 3 is 2.87 bits per heavy atom. The number of rotatable bonds is 0. The predicted octanol–water partition coefficient (Wildman–Crippen LogP) is 4.79. The summed E-state index contributed by atoms with van der Waals surface area (Å²) in [6, 6.07) is 1.41. The fourth-order valence-electron chi connectivity index (χ4n) is 2.24. The molecule has 15 heavy (non-hydrogen) atoms. The quantitative estimate of drug-likeness (QED) is 0.456. The van der Waals surface area contributed by atoms with E-state index in [0.29, 0.717) is 10.6 Å². The van der Waals surface area contributed by atoms with Gasteiger partial charge in [0.05, 0.1) is 5.38 Å². The van der Waals surface area contributed by atoms with Crippen LogP contribution in [0.2, 0.25) is 5.02 Å². The maximum absolute atomic E-state index is 13.5. The summed E-state index contributed by atoms with van der Waals surface area (Å²) in [6.45, 7) is 1.78. The van der Waals surface area contributed by atoms with Crippen LogP contribution in [0.4, 0.5) is 4.39 Å². The third-order valence-corrected chi connectivity index (χ3v) is 3.85. The van der Waals surface area contributed by atoms with Gasteiger partial charge in [0.2, 0.25) is 0 Å². The standard InChI is InChI=1S/C12H13Cl2F/c1-7-11(15)6-10(14)8-4-2-3-5-9(13)12(7)8/h6,9H,2-5H2,1H3. The predicted molar refractivity (Wildman–Crippen MR) is 62.3 cm³/mol. The molecular formula is C12H13Cl2F. The first-order valence-electron chi connectivity index (χ1n) is 5.22. The molecule has 3 heteroatoms. The summed E-state index contributed by atoms with van der Waals surface area (Å²) in [5.74, 6) is -0.244. The van der Waals surface area contributed by atoms with Gasteiger partial charge in [0.15, 0.2) is 0 Å². The minimum atomic E-state index is -0.244. The minimum Gasteiger partial charge on any atom is -0.207 e. The first-order chi connectivity index (χ1) is 7.11. The molecule has 0 aliphatic heterocycles. The second kappa shape index (κ2) is 4.31. The lowest BCUT2D eigenvalue weighted by Gasteiger charge is -2.16. The van der Waals surface area contributed by atoms with Crippen molar-refractivity contribution >= 4 is 23.2 Å². The van der Waals surface area contributed by atoms with Crippen LogP contribution in [0, 0.1) is 12.7 Å². The lowest BCUT2D eigenvalue weighted by Crippen LogP contribution is -2.01. The van der Waals surface area contributed by atoms with Crippen molar-refractivity contribution in [1.29, 1.82) is 0 Å². The molecule has 0 N–H and O–H groups in total. The van der Waals surface area contributed by atoms with E-state index in [0.717, 1.165) is 36.8 Å². The van der Waals surface area contributed by atoms with Crippen LogP contribution in [0.1, 0.15) is 41.3 Å². The Balaban J connectivity index is 2.63. The lowest BCUT2D eigenvalue weighted by atomic mass is 9.97. The van der Waals surface area contributed by atoms with Crippen molar-refractivity contribution in [3.63, 3.8) is 0 Å². The number of halogens is 3. The Morgan fingerprint density at radius 2 is 2.13 bits per heavy atom. The molecule has 0 amide bonds. The van der Waals surface area contributed by atoms with Crippen molar-refractivity contribution in [2.75, 3.05) is 0 Å². The summed E-state index contributed by atoms with van der Waals surface area (Å²) >= 11 is 12.3. The normalized spacial score (nSPS) is 20.9. The van der Waals surface area contributed by atoms with Gasteiger partial charge in [-0.05, 0) is 48.9 Å². The van der Waals surface area contributed by atoms with Crippen molar-refractivity contribution in [2.24, 2.45) is 0 Å². The Morgan fingerprint density at radius 1 is 1.40 bits per heavy atom. The molecule has 0 heterocycles. The first kappa shape index (κ1) is 11.2. The summed E-state index contributed by atoms with van der Waals surface area (Å²) in [7, 11) is 0. The topological polar surface area (TPSA) is 0 Å². The van der Waals surface area contributed by atoms with Crippen LogP contribution in [0.15, 0.2) is 6.07 Å². The Hall–Kier alpha value is -0.270. The number of benzene rings is 1. The minimum absolute atomic E-state index is 0.0873. The molecule has 1 aromatic rings. The van der Waals surface area contributed by atoms with Gasteiger partial charge in [-0.25, -0.2) is 4.39 Å². The van der Waals surface area contributed by atoms with Crippen molar-refractivity contribution in [1.82, 2.24) is 0 Å². The van der Waals surface area contributed by atoms with Gasteiger partial charge in [0.1, 0.15) is 5.82 Å². The Bertz CT molecular complexity index is 388. The maximum Gasteiger partial charge on any atom is 0.127 e. The average molecular weight is 247 g/mol. The SMILES string of the molecule is Cc1c(F)cc(Cl)c2c1C(Cl)CCCC2. The van der Waals surface area contributed by atoms with Crippen LogP contribution in [0.3, 0.4) is 0 Å². The van der Waals surface area contributed by atoms with Crippen LogP contribution < -0.4 is 0 Å². The Kier molecular flexibility index (Phi) is 3.22. The zero-order valence-electron chi connectivity index (χ0n) is 8.62. The number of alkyl halides is 1. The molecule has 0 spiro atoms. The average Bonchev–Trinajstić information content (AvgIpc) is 2.37. The van der Waals surface area contributed by atoms with Crippen LogP contribution in [0.5, 0.6) is 0 Å². The molecule has 1 atom stereocenters. The molecular weight excluding hydrogens is 234 g/mol. The van der Waals surface area contributed by atoms with E-state index in [4.69, 9.17) is 23.2 Å². The molecule has 1 aliphatic carbocycles. The molecule has 2 rings (SSSR count). The monoisotopic (exact) mass is 246 g/mol. The molecule has 0 saturated heterocycles. The second-order valence-electron chi connectivity index (χ2n) is 4.07. The zero-order chi connectivity index (χ0) is 11.0. The van der Waals surface area contributed by atoms with E-state index in [1.165, 1.54) is 6.07 Å². The summed E-state index contributed by atoms with van der Waals surface area (Å²) in [5.41, 5.74) is 2.64. The summed E-state index contributed by atoms with van der Waals surface area (Å²) in [5, 5.41) is 0.441. The molecule has 0 saturated carbocycles. The molecule has 82 valence electrons. The van der Waals surface area contributed by atoms with E-state index < -0.39 is 0 Å². The van der Waals surface area contributed by atoms with E-state index in [-0.39, 0.29) is 11.2 Å². The van der Waals surface area contributed by atoms with Gasteiger partial charge in [-0.3, -0.25) is 0 Å². The molecule has 1 unspecified atom stereocenters. The molecule has 0 radical (unpaired) electrons. The number of hydrogen-bond donors (Lipinski definition) is 0. The first-order valence-corrected chi connectivity index (χ1v) is 6.04.